The minimum Gasteiger partial charge on any atom is -0.368 e. The number of rotatable bonds is 5. The van der Waals surface area contributed by atoms with E-state index < -0.39 is 90.8 Å². The summed E-state index contributed by atoms with van der Waals surface area (Å²) in [4.78, 5) is 40.0. The van der Waals surface area contributed by atoms with Crippen LogP contribution >= 0.6 is 0 Å². The fourth-order valence-electron chi connectivity index (χ4n) is 3.47. The van der Waals surface area contributed by atoms with Gasteiger partial charge in [-0.05, 0) is 44.2 Å². The van der Waals surface area contributed by atoms with E-state index in [0.717, 1.165) is 24.2 Å². The number of nitrogens with one attached hydrogen (secondary N) is 2. The van der Waals surface area contributed by atoms with Crippen molar-refractivity contribution in [3.05, 3.63) is 46.0 Å². The first-order chi connectivity index (χ1) is 21.7. The predicted molar refractivity (Wildman–Crippen MR) is 129 cm³/mol. The predicted octanol–water partition coefficient (Wildman–Crippen LogP) is 2.97. The molecular weight excluding hydrogens is 418 g/mol. The highest BCUT2D eigenvalue weighted by molar-refractivity contribution is 5.99. The molecule has 0 bridgehead atoms. The zero-order valence-electron chi connectivity index (χ0n) is 32.4. The van der Waals surface area contributed by atoms with Crippen LogP contribution in [0.3, 0.4) is 0 Å². The van der Waals surface area contributed by atoms with Crippen molar-refractivity contribution in [2.75, 3.05) is 36.3 Å². The Bertz CT molecular complexity index is 1820. The molecule has 1 saturated carbocycles. The molecule has 0 aromatic carbocycles. The average molecular weight is 463 g/mol. The molecule has 2 aliphatic rings. The molecule has 33 heavy (non-hydrogen) atoms. The minimum absolute atomic E-state index is 0.0150. The molecule has 5 rings (SSSR count). The Labute approximate surface area is 213 Å². The Hall–Kier alpha value is -3.33. The molecule has 1 saturated heterocycles. The third kappa shape index (κ3) is 4.08. The van der Waals surface area contributed by atoms with Crippen LogP contribution in [-0.4, -0.2) is 51.4 Å². The normalized spacial score (nSPS) is 33.2. The average Bonchev–Trinajstić information content (AvgIpc) is 2.99. The van der Waals surface area contributed by atoms with Crippen LogP contribution < -0.4 is 21.1 Å². The van der Waals surface area contributed by atoms with Crippen LogP contribution in [0.15, 0.2) is 29.3 Å². The molecule has 1 aliphatic heterocycles. The van der Waals surface area contributed by atoms with Gasteiger partial charge in [0.05, 0.1) is 22.9 Å². The largest absolute Gasteiger partial charge is 0.368 e. The number of hydrogen-bond acceptors (Lipinski definition) is 8. The van der Waals surface area contributed by atoms with Crippen molar-refractivity contribution >= 4 is 34.3 Å². The van der Waals surface area contributed by atoms with Gasteiger partial charge in [0, 0.05) is 58.8 Å². The number of aryl methyl sites for hydroxylation is 1. The number of ketones is 1. The quantitative estimate of drug-likeness (QED) is 0.558. The number of hydrogen-bond donors (Lipinski definition) is 2. The van der Waals surface area contributed by atoms with E-state index in [-0.39, 0.29) is 29.2 Å². The van der Waals surface area contributed by atoms with E-state index in [4.69, 9.17) is 20.6 Å². The molecule has 3 aromatic rings. The zero-order valence-corrected chi connectivity index (χ0v) is 17.4. The smallest absolute Gasteiger partial charge is 0.263 e. The van der Waals surface area contributed by atoms with Gasteiger partial charge in [-0.3, -0.25) is 14.2 Å². The van der Waals surface area contributed by atoms with Crippen LogP contribution in [0.25, 0.3) is 11.0 Å². The number of anilines is 3. The Morgan fingerprint density at radius 3 is 2.67 bits per heavy atom. The molecule has 172 valence electrons. The van der Waals surface area contributed by atoms with Crippen molar-refractivity contribution < 1.29 is 25.4 Å². The number of carbonyl (C=O) groups excluding carboxylic acids is 1. The maximum atomic E-state index is 14.0. The lowest BCUT2D eigenvalue weighted by Crippen LogP contribution is -2.43. The zero-order chi connectivity index (χ0) is 36.2. The van der Waals surface area contributed by atoms with E-state index in [1.165, 1.54) is 12.1 Å². The second-order valence-electron chi connectivity index (χ2n) is 7.14. The molecule has 4 heterocycles. The third-order valence-corrected chi connectivity index (χ3v) is 5.01. The lowest BCUT2D eigenvalue weighted by molar-refractivity contribution is 0.101. The van der Waals surface area contributed by atoms with E-state index in [0.29, 0.717) is 0 Å². The van der Waals surface area contributed by atoms with Crippen LogP contribution in [0.2, 0.25) is 0 Å². The SMILES string of the molecule is [2H]C([2H])([2H])c1c(C(C)=O)c(=O)n(C2C([2H])([2H])C([2H])([2H])C([2H])([2H])C2([2H])[2H])c2nc(Nc3ccc(N4C([2H])([2H])CNCC4([2H])[2H])cn3)ncc12. The number of aromatic nitrogens is 4. The van der Waals surface area contributed by atoms with Gasteiger partial charge in [0.1, 0.15) is 11.5 Å². The van der Waals surface area contributed by atoms with Crippen LogP contribution in [0.1, 0.15) is 74.9 Å². The lowest BCUT2D eigenvalue weighted by Gasteiger charge is -2.29. The molecule has 0 spiro atoms. The molecule has 9 nitrogen and oxygen atoms in total. The highest BCUT2D eigenvalue weighted by atomic mass is 16.1. The van der Waals surface area contributed by atoms with Crippen molar-refractivity contribution in [1.29, 1.82) is 0 Å². The summed E-state index contributed by atoms with van der Waals surface area (Å²) in [7, 11) is 0. The van der Waals surface area contributed by atoms with Gasteiger partial charge in [0.15, 0.2) is 5.78 Å². The van der Waals surface area contributed by atoms with Gasteiger partial charge in [-0.15, -0.1) is 0 Å². The minimum atomic E-state index is -3.53. The first-order valence-corrected chi connectivity index (χ1v) is 9.92. The standard InChI is InChI=1S/C24H29N7O2/c1-15-19-14-27-24(28-20-8-7-18(13-26-20)30-11-9-25-10-12-30)29-22(19)31(17-5-3-4-6-17)23(33)21(15)16(2)32/h7-8,13-14,17,25H,3-6,9-12H2,1-2H3,(H,26,27,28,29)/i1D3,3D2,4D2,5D2,6D2,11D2,12D2. The topological polar surface area (TPSA) is 105 Å². The summed E-state index contributed by atoms with van der Waals surface area (Å²) in [6, 6.07) is 0.0667. The van der Waals surface area contributed by atoms with Crippen molar-refractivity contribution in [1.82, 2.24) is 24.8 Å². The van der Waals surface area contributed by atoms with E-state index in [1.807, 2.05) is 0 Å². The fraction of sp³-hybridized carbons (Fsp3) is 0.458. The summed E-state index contributed by atoms with van der Waals surface area (Å²) in [5.74, 6) is -1.52. The molecule has 0 radical (unpaired) electrons. The summed E-state index contributed by atoms with van der Waals surface area (Å²) in [6.45, 7) is -6.86. The number of piperazine rings is 1. The molecule has 0 unspecified atom stereocenters. The van der Waals surface area contributed by atoms with Gasteiger partial charge < -0.3 is 15.5 Å². The molecule has 1 aliphatic carbocycles. The van der Waals surface area contributed by atoms with E-state index >= 15 is 0 Å². The van der Waals surface area contributed by atoms with E-state index in [2.05, 4.69) is 25.6 Å². The number of fused-ring (bicyclic) bond motifs is 1. The Morgan fingerprint density at radius 2 is 2.00 bits per heavy atom. The summed E-state index contributed by atoms with van der Waals surface area (Å²) in [6.07, 6.45) is -11.9. The number of nitrogens with zero attached hydrogens (tertiary/aromatic N) is 5. The van der Waals surface area contributed by atoms with Crippen LogP contribution in [0.5, 0.6) is 0 Å². The van der Waals surface area contributed by atoms with Crippen LogP contribution in [0, 0.1) is 6.85 Å². The number of Topliss-reactive ketones (excluding diaryl/α,β-unsaturated/α-hetero) is 1. The van der Waals surface area contributed by atoms with Crippen LogP contribution in [0.4, 0.5) is 17.5 Å². The van der Waals surface area contributed by atoms with Crippen molar-refractivity contribution in [2.45, 2.75) is 45.3 Å². The summed E-state index contributed by atoms with van der Waals surface area (Å²) in [5.41, 5.74) is -3.97. The van der Waals surface area contributed by atoms with Crippen molar-refractivity contribution in [3.63, 3.8) is 0 Å². The number of carbonyl (C=O) groups is 1. The monoisotopic (exact) mass is 462 g/mol. The van der Waals surface area contributed by atoms with Gasteiger partial charge in [0.2, 0.25) is 5.95 Å². The van der Waals surface area contributed by atoms with Gasteiger partial charge in [-0.25, -0.2) is 9.97 Å². The first-order valence-electron chi connectivity index (χ1n) is 17.4. The second kappa shape index (κ2) is 8.90. The van der Waals surface area contributed by atoms with Crippen molar-refractivity contribution in [2.24, 2.45) is 0 Å². The van der Waals surface area contributed by atoms with Gasteiger partial charge >= 0.3 is 0 Å². The fourth-order valence-corrected chi connectivity index (χ4v) is 3.47. The summed E-state index contributed by atoms with van der Waals surface area (Å²) < 4.78 is 124. The molecule has 9 heteroatoms. The Balaban J connectivity index is 1.72. The van der Waals surface area contributed by atoms with E-state index in [9.17, 15) is 9.59 Å². The molecule has 3 aromatic heterocycles. The third-order valence-electron chi connectivity index (χ3n) is 5.01. The molecular formula is C24H29N7O2. The highest BCUT2D eigenvalue weighted by Gasteiger charge is 2.25. The van der Waals surface area contributed by atoms with Gasteiger partial charge in [-0.1, -0.05) is 12.7 Å². The first kappa shape index (κ1) is 10.3. The summed E-state index contributed by atoms with van der Waals surface area (Å²) in [5, 5.41) is 4.85. The Kier molecular flexibility index (Phi) is 2.78. The van der Waals surface area contributed by atoms with Crippen molar-refractivity contribution in [3.8, 4) is 0 Å². The van der Waals surface area contributed by atoms with E-state index in [1.54, 1.807) is 0 Å². The molecule has 0 amide bonds. The lowest BCUT2D eigenvalue weighted by atomic mass is 10.0. The Morgan fingerprint density at radius 1 is 1.21 bits per heavy atom. The molecule has 2 N–H and O–H groups in total. The van der Waals surface area contributed by atoms with Crippen LogP contribution in [-0.2, 0) is 0 Å². The summed E-state index contributed by atoms with van der Waals surface area (Å²) >= 11 is 0. The van der Waals surface area contributed by atoms with Gasteiger partial charge in [0.25, 0.3) is 5.56 Å². The second-order valence-corrected chi connectivity index (χ2v) is 7.14. The van der Waals surface area contributed by atoms with Gasteiger partial charge in [-0.2, -0.15) is 4.98 Å². The maximum absolute atomic E-state index is 14.0. The molecule has 0 atom stereocenters. The molecule has 2 fully saturated rings. The number of pyridine rings is 2. The maximum Gasteiger partial charge on any atom is 0.263 e. The highest BCUT2D eigenvalue weighted by Crippen LogP contribution is 2.32.